The van der Waals surface area contributed by atoms with Crippen LogP contribution in [0.4, 0.5) is 0 Å². The fraction of sp³-hybridized carbons (Fsp3) is 0.889. The first kappa shape index (κ1) is 11.8. The molecule has 1 aliphatic rings. The van der Waals surface area contributed by atoms with Gasteiger partial charge in [0.15, 0.2) is 0 Å². The molecule has 84 valence electrons. The average molecular weight is 213 g/mol. The molecular formula is C9H15N3O3. The fourth-order valence-electron chi connectivity index (χ4n) is 2.05. The van der Waals surface area contributed by atoms with Crippen LogP contribution in [0.25, 0.3) is 10.4 Å². The highest BCUT2D eigenvalue weighted by molar-refractivity contribution is 5.77. The summed E-state index contributed by atoms with van der Waals surface area (Å²) < 4.78 is 4.66. The first-order chi connectivity index (χ1) is 7.06. The molecule has 0 radical (unpaired) electrons. The maximum atomic E-state index is 11.5. The number of ether oxygens (including phenoxy) is 1. The summed E-state index contributed by atoms with van der Waals surface area (Å²) in [6, 6.07) is -0.534. The molecular weight excluding hydrogens is 198 g/mol. The van der Waals surface area contributed by atoms with Gasteiger partial charge in [-0.05, 0) is 25.3 Å². The zero-order valence-electron chi connectivity index (χ0n) is 8.88. The van der Waals surface area contributed by atoms with Gasteiger partial charge >= 0.3 is 5.97 Å². The van der Waals surface area contributed by atoms with E-state index in [9.17, 15) is 9.90 Å². The molecule has 6 nitrogen and oxygen atoms in total. The van der Waals surface area contributed by atoms with Gasteiger partial charge in [0.05, 0.1) is 24.7 Å². The molecule has 1 saturated carbocycles. The van der Waals surface area contributed by atoms with Crippen molar-refractivity contribution in [2.75, 3.05) is 7.11 Å². The Bertz CT molecular complexity index is 301. The van der Waals surface area contributed by atoms with Crippen LogP contribution >= 0.6 is 0 Å². The molecule has 1 rings (SSSR count). The zero-order valence-corrected chi connectivity index (χ0v) is 8.88. The molecule has 1 N–H and O–H groups in total. The van der Waals surface area contributed by atoms with E-state index in [1.807, 2.05) is 0 Å². The predicted molar refractivity (Wildman–Crippen MR) is 52.9 cm³/mol. The van der Waals surface area contributed by atoms with Crippen molar-refractivity contribution < 1.29 is 14.6 Å². The van der Waals surface area contributed by atoms with Gasteiger partial charge in [-0.3, -0.25) is 4.79 Å². The highest BCUT2D eigenvalue weighted by atomic mass is 16.5. The van der Waals surface area contributed by atoms with E-state index in [0.717, 1.165) is 6.42 Å². The molecule has 0 aromatic carbocycles. The molecule has 0 heterocycles. The van der Waals surface area contributed by atoms with Gasteiger partial charge in [-0.2, -0.15) is 0 Å². The molecule has 3 unspecified atom stereocenters. The molecule has 6 heteroatoms. The molecule has 3 atom stereocenters. The van der Waals surface area contributed by atoms with Crippen LogP contribution in [-0.2, 0) is 9.53 Å². The third-order valence-corrected chi connectivity index (χ3v) is 3.06. The third kappa shape index (κ3) is 2.06. The lowest BCUT2D eigenvalue weighted by atomic mass is 9.71. The van der Waals surface area contributed by atoms with E-state index in [0.29, 0.717) is 12.8 Å². The minimum absolute atomic E-state index is 0.451. The van der Waals surface area contributed by atoms with Gasteiger partial charge in [-0.25, -0.2) is 0 Å². The Labute approximate surface area is 87.9 Å². The van der Waals surface area contributed by atoms with Gasteiger partial charge in [0, 0.05) is 4.91 Å². The number of aliphatic hydroxyl groups excluding tert-OH is 1. The van der Waals surface area contributed by atoms with Crippen LogP contribution in [0.2, 0.25) is 0 Å². The normalized spacial score (nSPS) is 35.4. The molecule has 0 spiro atoms. The summed E-state index contributed by atoms with van der Waals surface area (Å²) in [5.74, 6) is -0.451. The molecule has 1 fully saturated rings. The monoisotopic (exact) mass is 213 g/mol. The van der Waals surface area contributed by atoms with Gasteiger partial charge in [0.25, 0.3) is 0 Å². The lowest BCUT2D eigenvalue weighted by Crippen LogP contribution is -2.49. The van der Waals surface area contributed by atoms with Gasteiger partial charge < -0.3 is 9.84 Å². The second-order valence-corrected chi connectivity index (χ2v) is 4.02. The van der Waals surface area contributed by atoms with E-state index in [1.165, 1.54) is 7.11 Å². The van der Waals surface area contributed by atoms with Crippen molar-refractivity contribution in [1.82, 2.24) is 0 Å². The summed E-state index contributed by atoms with van der Waals surface area (Å²) in [5.41, 5.74) is 7.38. The number of methoxy groups -OCH3 is 1. The highest BCUT2D eigenvalue weighted by Gasteiger charge is 2.47. The van der Waals surface area contributed by atoms with E-state index in [-0.39, 0.29) is 0 Å². The first-order valence-corrected chi connectivity index (χ1v) is 4.87. The van der Waals surface area contributed by atoms with Crippen molar-refractivity contribution >= 4 is 5.97 Å². The lowest BCUT2D eigenvalue weighted by Gasteiger charge is -2.38. The average Bonchev–Trinajstić information content (AvgIpc) is 2.24. The molecule has 0 aromatic heterocycles. The number of carbonyl (C=O) groups is 1. The highest BCUT2D eigenvalue weighted by Crippen LogP contribution is 2.38. The van der Waals surface area contributed by atoms with Gasteiger partial charge in [0.1, 0.15) is 0 Å². The minimum atomic E-state index is -0.963. The Hall–Kier alpha value is -1.26. The predicted octanol–water partition coefficient (Wildman–Crippen LogP) is 1.39. The molecule has 1 aliphatic carbocycles. The van der Waals surface area contributed by atoms with Crippen LogP contribution in [0.3, 0.4) is 0 Å². The smallest absolute Gasteiger partial charge is 0.314 e. The SMILES string of the molecule is COC(=O)C1(C)CCCC(N=[N+]=[N-])C1O. The summed E-state index contributed by atoms with van der Waals surface area (Å²) in [6.45, 7) is 1.64. The molecule has 15 heavy (non-hydrogen) atoms. The minimum Gasteiger partial charge on any atom is -0.469 e. The molecule has 0 saturated heterocycles. The van der Waals surface area contributed by atoms with E-state index in [1.54, 1.807) is 6.92 Å². The van der Waals surface area contributed by atoms with Crippen LogP contribution in [0.15, 0.2) is 5.11 Å². The number of esters is 1. The van der Waals surface area contributed by atoms with Gasteiger partial charge in [-0.1, -0.05) is 11.5 Å². The summed E-state index contributed by atoms with van der Waals surface area (Å²) in [4.78, 5) is 14.2. The van der Waals surface area contributed by atoms with Crippen LogP contribution in [0.5, 0.6) is 0 Å². The number of rotatable bonds is 2. The third-order valence-electron chi connectivity index (χ3n) is 3.06. The zero-order chi connectivity index (χ0) is 11.5. The van der Waals surface area contributed by atoms with Gasteiger partial charge in [-0.15, -0.1) is 0 Å². The number of carbonyl (C=O) groups excluding carboxylic acids is 1. The van der Waals surface area contributed by atoms with E-state index >= 15 is 0 Å². The second kappa shape index (κ2) is 4.51. The number of hydrogen-bond acceptors (Lipinski definition) is 4. The van der Waals surface area contributed by atoms with Crippen molar-refractivity contribution in [3.05, 3.63) is 10.4 Å². The van der Waals surface area contributed by atoms with E-state index in [2.05, 4.69) is 14.8 Å². The maximum Gasteiger partial charge on any atom is 0.314 e. The van der Waals surface area contributed by atoms with Crippen molar-refractivity contribution in [1.29, 1.82) is 0 Å². The Morgan fingerprint density at radius 1 is 1.73 bits per heavy atom. The summed E-state index contributed by atoms with van der Waals surface area (Å²) in [5, 5.41) is 13.5. The number of aliphatic hydroxyl groups is 1. The van der Waals surface area contributed by atoms with Crippen molar-refractivity contribution in [3.63, 3.8) is 0 Å². The van der Waals surface area contributed by atoms with Crippen LogP contribution in [-0.4, -0.2) is 30.3 Å². The van der Waals surface area contributed by atoms with Crippen LogP contribution in [0, 0.1) is 5.41 Å². The molecule has 0 aliphatic heterocycles. The molecule has 0 aromatic rings. The largest absolute Gasteiger partial charge is 0.469 e. The van der Waals surface area contributed by atoms with Crippen molar-refractivity contribution in [2.45, 2.75) is 38.3 Å². The number of azide groups is 1. The lowest BCUT2D eigenvalue weighted by molar-refractivity contribution is -0.163. The second-order valence-electron chi connectivity index (χ2n) is 4.02. The topological polar surface area (TPSA) is 95.3 Å². The standard InChI is InChI=1S/C9H15N3O3/c1-9(8(14)15-2)5-3-4-6(7(9)13)11-12-10/h6-7,13H,3-5H2,1-2H3. The maximum absolute atomic E-state index is 11.5. The Morgan fingerprint density at radius 3 is 2.93 bits per heavy atom. The fourth-order valence-corrected chi connectivity index (χ4v) is 2.05. The van der Waals surface area contributed by atoms with E-state index < -0.39 is 23.5 Å². The van der Waals surface area contributed by atoms with Gasteiger partial charge in [0.2, 0.25) is 0 Å². The Kier molecular flexibility index (Phi) is 3.55. The molecule has 0 bridgehead atoms. The quantitative estimate of drug-likeness (QED) is 0.325. The van der Waals surface area contributed by atoms with Crippen molar-refractivity contribution in [3.8, 4) is 0 Å². The molecule has 0 amide bonds. The summed E-state index contributed by atoms with van der Waals surface area (Å²) >= 11 is 0. The number of hydrogen-bond donors (Lipinski definition) is 1. The van der Waals surface area contributed by atoms with Crippen LogP contribution in [0.1, 0.15) is 26.2 Å². The Morgan fingerprint density at radius 2 is 2.40 bits per heavy atom. The number of nitrogens with zero attached hydrogens (tertiary/aromatic N) is 3. The summed E-state index contributed by atoms with van der Waals surface area (Å²) in [6.07, 6.45) is 0.942. The Balaban J connectivity index is 2.90. The summed E-state index contributed by atoms with van der Waals surface area (Å²) in [7, 11) is 1.29. The first-order valence-electron chi connectivity index (χ1n) is 4.87. The van der Waals surface area contributed by atoms with E-state index in [4.69, 9.17) is 5.53 Å². The van der Waals surface area contributed by atoms with Crippen molar-refractivity contribution in [2.24, 2.45) is 10.5 Å². The van der Waals surface area contributed by atoms with Crippen LogP contribution < -0.4 is 0 Å².